The van der Waals surface area contributed by atoms with E-state index in [-0.39, 0.29) is 0 Å². The van der Waals surface area contributed by atoms with Gasteiger partial charge >= 0.3 is 0 Å². The zero-order valence-electron chi connectivity index (χ0n) is 11.7. The van der Waals surface area contributed by atoms with E-state index in [2.05, 4.69) is 27.7 Å². The van der Waals surface area contributed by atoms with Crippen molar-refractivity contribution in [3.05, 3.63) is 36.0 Å². The fourth-order valence-electron chi connectivity index (χ4n) is 2.62. The predicted octanol–water partition coefficient (Wildman–Crippen LogP) is 1.99. The van der Waals surface area contributed by atoms with E-state index >= 15 is 0 Å². The van der Waals surface area contributed by atoms with Crippen molar-refractivity contribution in [2.24, 2.45) is 5.92 Å². The Hall–Kier alpha value is -1.72. The Bertz CT molecular complexity index is 540. The first-order valence-electron chi connectivity index (χ1n) is 7.12. The van der Waals surface area contributed by atoms with Gasteiger partial charge in [-0.25, -0.2) is 0 Å². The van der Waals surface area contributed by atoms with E-state index < -0.39 is 0 Å². The van der Waals surface area contributed by atoms with E-state index in [9.17, 15) is 0 Å². The number of ether oxygens (including phenoxy) is 1. The molecule has 2 heterocycles. The van der Waals surface area contributed by atoms with Crippen molar-refractivity contribution in [3.63, 3.8) is 0 Å². The average molecular weight is 272 g/mol. The second-order valence-electron chi connectivity index (χ2n) is 5.24. The quantitative estimate of drug-likeness (QED) is 0.873. The first-order valence-corrected chi connectivity index (χ1v) is 7.12. The van der Waals surface area contributed by atoms with Crippen LogP contribution in [0.2, 0.25) is 0 Å². The fourth-order valence-corrected chi connectivity index (χ4v) is 2.62. The maximum Gasteiger partial charge on any atom is 0.117 e. The van der Waals surface area contributed by atoms with Crippen LogP contribution in [-0.4, -0.2) is 34.7 Å². The number of aromatic nitrogens is 3. The van der Waals surface area contributed by atoms with Crippen molar-refractivity contribution < 1.29 is 4.74 Å². The van der Waals surface area contributed by atoms with Crippen molar-refractivity contribution in [1.29, 1.82) is 0 Å². The van der Waals surface area contributed by atoms with Crippen LogP contribution in [0.15, 0.2) is 30.3 Å². The Morgan fingerprint density at radius 3 is 2.90 bits per heavy atom. The van der Waals surface area contributed by atoms with Crippen LogP contribution in [0.5, 0.6) is 0 Å². The molecule has 1 aliphatic rings. The summed E-state index contributed by atoms with van der Waals surface area (Å²) in [6.07, 6.45) is 1.49. The summed E-state index contributed by atoms with van der Waals surface area (Å²) in [6, 6.07) is 10.1. The normalized spacial score (nSPS) is 22.2. The molecule has 2 aromatic rings. The molecule has 0 saturated carbocycles. The summed E-state index contributed by atoms with van der Waals surface area (Å²) < 4.78 is 5.57. The highest BCUT2D eigenvalue weighted by atomic mass is 16.5. The van der Waals surface area contributed by atoms with Crippen molar-refractivity contribution in [2.75, 3.05) is 13.2 Å². The SMILES string of the molecule is CC1OCCC1CNCc1n[nH]nc1-c1ccccc1. The van der Waals surface area contributed by atoms with Crippen LogP contribution < -0.4 is 5.32 Å². The summed E-state index contributed by atoms with van der Waals surface area (Å²) >= 11 is 0. The second-order valence-corrected chi connectivity index (χ2v) is 5.24. The van der Waals surface area contributed by atoms with Gasteiger partial charge in [-0.05, 0) is 19.3 Å². The standard InChI is InChI=1S/C15H20N4O/c1-11-13(7-8-20-11)9-16-10-14-15(18-19-17-14)12-5-3-2-4-6-12/h2-6,11,13,16H,7-10H2,1H3,(H,17,18,19). The van der Waals surface area contributed by atoms with Gasteiger partial charge in [0.05, 0.1) is 6.10 Å². The Morgan fingerprint density at radius 1 is 1.30 bits per heavy atom. The zero-order chi connectivity index (χ0) is 13.8. The van der Waals surface area contributed by atoms with Crippen LogP contribution in [0.1, 0.15) is 19.0 Å². The molecule has 1 aromatic carbocycles. The summed E-state index contributed by atoms with van der Waals surface area (Å²) in [6.45, 7) is 4.71. The van der Waals surface area contributed by atoms with Gasteiger partial charge in [-0.3, -0.25) is 0 Å². The van der Waals surface area contributed by atoms with E-state index in [1.807, 2.05) is 30.3 Å². The third-order valence-corrected chi connectivity index (χ3v) is 3.90. The van der Waals surface area contributed by atoms with Gasteiger partial charge in [0, 0.05) is 25.3 Å². The van der Waals surface area contributed by atoms with Crippen LogP contribution >= 0.6 is 0 Å². The van der Waals surface area contributed by atoms with Gasteiger partial charge in [0.2, 0.25) is 0 Å². The predicted molar refractivity (Wildman–Crippen MR) is 77.0 cm³/mol. The number of nitrogens with zero attached hydrogens (tertiary/aromatic N) is 2. The molecular formula is C15H20N4O. The molecular weight excluding hydrogens is 252 g/mol. The van der Waals surface area contributed by atoms with Crippen LogP contribution in [0.3, 0.4) is 0 Å². The lowest BCUT2D eigenvalue weighted by Gasteiger charge is -2.14. The molecule has 3 rings (SSSR count). The Labute approximate surface area is 118 Å². The topological polar surface area (TPSA) is 62.8 Å². The van der Waals surface area contributed by atoms with Crippen molar-refractivity contribution >= 4 is 0 Å². The average Bonchev–Trinajstić information content (AvgIpc) is 3.10. The molecule has 1 aliphatic heterocycles. The molecule has 20 heavy (non-hydrogen) atoms. The van der Waals surface area contributed by atoms with Gasteiger partial charge in [-0.15, -0.1) is 0 Å². The fraction of sp³-hybridized carbons (Fsp3) is 0.467. The first kappa shape index (κ1) is 13.3. The highest BCUT2D eigenvalue weighted by Crippen LogP contribution is 2.21. The summed E-state index contributed by atoms with van der Waals surface area (Å²) in [4.78, 5) is 0. The maximum atomic E-state index is 5.57. The Balaban J connectivity index is 1.60. The summed E-state index contributed by atoms with van der Waals surface area (Å²) in [5, 5.41) is 14.7. The minimum Gasteiger partial charge on any atom is -0.378 e. The van der Waals surface area contributed by atoms with E-state index in [0.29, 0.717) is 12.0 Å². The number of benzene rings is 1. The van der Waals surface area contributed by atoms with E-state index in [4.69, 9.17) is 4.74 Å². The third kappa shape index (κ3) is 2.89. The monoisotopic (exact) mass is 272 g/mol. The van der Waals surface area contributed by atoms with Gasteiger partial charge in [0.15, 0.2) is 0 Å². The lowest BCUT2D eigenvalue weighted by molar-refractivity contribution is 0.105. The van der Waals surface area contributed by atoms with Crippen molar-refractivity contribution in [2.45, 2.75) is 26.0 Å². The molecule has 2 atom stereocenters. The molecule has 0 amide bonds. The molecule has 0 aliphatic carbocycles. The molecule has 106 valence electrons. The van der Waals surface area contributed by atoms with Crippen molar-refractivity contribution in [1.82, 2.24) is 20.7 Å². The van der Waals surface area contributed by atoms with Gasteiger partial charge in [-0.1, -0.05) is 30.3 Å². The van der Waals surface area contributed by atoms with Gasteiger partial charge in [0.25, 0.3) is 0 Å². The molecule has 0 radical (unpaired) electrons. The highest BCUT2D eigenvalue weighted by Gasteiger charge is 2.23. The number of rotatable bonds is 5. The maximum absolute atomic E-state index is 5.57. The van der Waals surface area contributed by atoms with Gasteiger partial charge in [-0.2, -0.15) is 15.4 Å². The molecule has 5 heteroatoms. The Kier molecular flexibility index (Phi) is 4.08. The van der Waals surface area contributed by atoms with Crippen LogP contribution in [0.4, 0.5) is 0 Å². The number of aromatic amines is 1. The summed E-state index contributed by atoms with van der Waals surface area (Å²) in [7, 11) is 0. The lowest BCUT2D eigenvalue weighted by atomic mass is 10.0. The first-order chi connectivity index (χ1) is 9.84. The Morgan fingerprint density at radius 2 is 2.15 bits per heavy atom. The van der Waals surface area contributed by atoms with E-state index in [0.717, 1.165) is 43.1 Å². The molecule has 1 aromatic heterocycles. The molecule has 2 unspecified atom stereocenters. The molecule has 0 spiro atoms. The summed E-state index contributed by atoms with van der Waals surface area (Å²) in [5.41, 5.74) is 2.98. The number of hydrogen-bond donors (Lipinski definition) is 2. The molecule has 0 bridgehead atoms. The molecule has 1 fully saturated rings. The number of H-pyrrole nitrogens is 1. The number of nitrogens with one attached hydrogen (secondary N) is 2. The van der Waals surface area contributed by atoms with E-state index in [1.165, 1.54) is 0 Å². The van der Waals surface area contributed by atoms with E-state index in [1.54, 1.807) is 0 Å². The van der Waals surface area contributed by atoms with Crippen LogP contribution in [-0.2, 0) is 11.3 Å². The second kappa shape index (κ2) is 6.15. The highest BCUT2D eigenvalue weighted by molar-refractivity contribution is 5.60. The summed E-state index contributed by atoms with van der Waals surface area (Å²) in [5.74, 6) is 0.599. The zero-order valence-corrected chi connectivity index (χ0v) is 11.7. The molecule has 2 N–H and O–H groups in total. The number of hydrogen-bond acceptors (Lipinski definition) is 4. The molecule has 5 nitrogen and oxygen atoms in total. The van der Waals surface area contributed by atoms with Crippen molar-refractivity contribution in [3.8, 4) is 11.3 Å². The van der Waals surface area contributed by atoms with Crippen LogP contribution in [0.25, 0.3) is 11.3 Å². The van der Waals surface area contributed by atoms with Gasteiger partial charge in [0.1, 0.15) is 11.4 Å². The third-order valence-electron chi connectivity index (χ3n) is 3.90. The smallest absolute Gasteiger partial charge is 0.117 e. The minimum atomic E-state index is 0.355. The lowest BCUT2D eigenvalue weighted by Crippen LogP contribution is -2.26. The van der Waals surface area contributed by atoms with Crippen LogP contribution in [0, 0.1) is 5.92 Å². The van der Waals surface area contributed by atoms with Gasteiger partial charge < -0.3 is 10.1 Å². The molecule has 1 saturated heterocycles. The largest absolute Gasteiger partial charge is 0.378 e. The minimum absolute atomic E-state index is 0.355.